The molecule has 1 aromatic carbocycles. The van der Waals surface area contributed by atoms with Crippen LogP contribution in [0.3, 0.4) is 0 Å². The van der Waals surface area contributed by atoms with Gasteiger partial charge in [-0.2, -0.15) is 0 Å². The summed E-state index contributed by atoms with van der Waals surface area (Å²) in [6.45, 7) is 2.18. The smallest absolute Gasteiger partial charge is 0.211 e. The number of benzene rings is 1. The zero-order valence-corrected chi connectivity index (χ0v) is 9.96. The minimum atomic E-state index is -3.17. The second-order valence-corrected chi connectivity index (χ2v) is 5.79. The molecule has 0 saturated heterocycles. The van der Waals surface area contributed by atoms with Gasteiger partial charge in [-0.15, -0.1) is 0 Å². The summed E-state index contributed by atoms with van der Waals surface area (Å²) in [5, 5.41) is 0. The minimum Gasteiger partial charge on any atom is -0.493 e. The van der Waals surface area contributed by atoms with Crippen LogP contribution in [0.15, 0.2) is 24.3 Å². The van der Waals surface area contributed by atoms with Gasteiger partial charge >= 0.3 is 0 Å². The standard InChI is InChI=1S/C11H15NO3S/c1-2-16(13,14)12-10-7-8-15-11-6-4-3-5-9(10)11/h3-6,10,12H,2,7-8H2,1H3. The fraction of sp³-hybridized carbons (Fsp3) is 0.455. The molecular weight excluding hydrogens is 226 g/mol. The molecule has 1 heterocycles. The summed E-state index contributed by atoms with van der Waals surface area (Å²) in [7, 11) is -3.17. The van der Waals surface area contributed by atoms with E-state index in [0.717, 1.165) is 11.3 Å². The maximum Gasteiger partial charge on any atom is 0.211 e. The van der Waals surface area contributed by atoms with Crippen LogP contribution in [0.4, 0.5) is 0 Å². The molecule has 0 radical (unpaired) electrons. The zero-order chi connectivity index (χ0) is 11.6. The number of sulfonamides is 1. The highest BCUT2D eigenvalue weighted by Crippen LogP contribution is 2.31. The van der Waals surface area contributed by atoms with E-state index in [0.29, 0.717) is 13.0 Å². The molecule has 1 aromatic rings. The minimum absolute atomic E-state index is 0.104. The van der Waals surface area contributed by atoms with Crippen LogP contribution >= 0.6 is 0 Å². The summed E-state index contributed by atoms with van der Waals surface area (Å²) in [5.41, 5.74) is 0.922. The molecule has 88 valence electrons. The first-order valence-electron chi connectivity index (χ1n) is 5.34. The number of para-hydroxylation sites is 1. The predicted molar refractivity (Wildman–Crippen MR) is 61.9 cm³/mol. The number of nitrogens with one attached hydrogen (secondary N) is 1. The van der Waals surface area contributed by atoms with Crippen molar-refractivity contribution in [1.29, 1.82) is 0 Å². The Balaban J connectivity index is 2.26. The van der Waals surface area contributed by atoms with Gasteiger partial charge in [-0.3, -0.25) is 0 Å². The van der Waals surface area contributed by atoms with Crippen LogP contribution in [0.5, 0.6) is 5.75 Å². The zero-order valence-electron chi connectivity index (χ0n) is 9.14. The van der Waals surface area contributed by atoms with Crippen LogP contribution in [0.1, 0.15) is 24.9 Å². The van der Waals surface area contributed by atoms with E-state index in [4.69, 9.17) is 4.74 Å². The van der Waals surface area contributed by atoms with Gasteiger partial charge in [0.1, 0.15) is 5.75 Å². The van der Waals surface area contributed by atoms with Gasteiger partial charge < -0.3 is 4.74 Å². The van der Waals surface area contributed by atoms with Crippen molar-refractivity contribution in [3.8, 4) is 5.75 Å². The van der Waals surface area contributed by atoms with Crippen LogP contribution < -0.4 is 9.46 Å². The Kier molecular flexibility index (Phi) is 3.16. The molecule has 1 aliphatic rings. The van der Waals surface area contributed by atoms with Crippen molar-refractivity contribution in [3.05, 3.63) is 29.8 Å². The van der Waals surface area contributed by atoms with E-state index in [-0.39, 0.29) is 11.8 Å². The van der Waals surface area contributed by atoms with E-state index in [2.05, 4.69) is 4.72 Å². The van der Waals surface area contributed by atoms with Crippen LogP contribution in [-0.2, 0) is 10.0 Å². The summed E-state index contributed by atoms with van der Waals surface area (Å²) >= 11 is 0. The van der Waals surface area contributed by atoms with Crippen LogP contribution in [0, 0.1) is 0 Å². The number of hydrogen-bond acceptors (Lipinski definition) is 3. The third-order valence-electron chi connectivity index (χ3n) is 2.66. The highest BCUT2D eigenvalue weighted by molar-refractivity contribution is 7.89. The average Bonchev–Trinajstić information content (AvgIpc) is 2.29. The first-order chi connectivity index (χ1) is 7.62. The summed E-state index contributed by atoms with van der Waals surface area (Å²) in [6.07, 6.45) is 0.677. The molecule has 0 amide bonds. The van der Waals surface area contributed by atoms with Crippen LogP contribution in [-0.4, -0.2) is 20.8 Å². The lowest BCUT2D eigenvalue weighted by Gasteiger charge is -2.26. The SMILES string of the molecule is CCS(=O)(=O)NC1CCOc2ccccc21. The van der Waals surface area contributed by atoms with Gasteiger partial charge in [0.25, 0.3) is 0 Å². The maximum atomic E-state index is 11.5. The molecule has 4 nitrogen and oxygen atoms in total. The highest BCUT2D eigenvalue weighted by Gasteiger charge is 2.24. The van der Waals surface area contributed by atoms with Gasteiger partial charge in [-0.25, -0.2) is 13.1 Å². The van der Waals surface area contributed by atoms with E-state index >= 15 is 0 Å². The van der Waals surface area contributed by atoms with Crippen molar-refractivity contribution in [2.45, 2.75) is 19.4 Å². The van der Waals surface area contributed by atoms with Gasteiger partial charge in [-0.05, 0) is 13.0 Å². The number of rotatable bonds is 3. The number of ether oxygens (including phenoxy) is 1. The Hall–Kier alpha value is -1.07. The van der Waals surface area contributed by atoms with Crippen molar-refractivity contribution in [1.82, 2.24) is 4.72 Å². The molecule has 1 N–H and O–H groups in total. The first kappa shape index (κ1) is 11.4. The van der Waals surface area contributed by atoms with Crippen LogP contribution in [0.2, 0.25) is 0 Å². The predicted octanol–water partition coefficient (Wildman–Crippen LogP) is 1.45. The molecule has 0 aromatic heterocycles. The lowest BCUT2D eigenvalue weighted by molar-refractivity contribution is 0.263. The summed E-state index contributed by atoms with van der Waals surface area (Å²) in [5.74, 6) is 0.879. The molecule has 16 heavy (non-hydrogen) atoms. The molecule has 0 aliphatic carbocycles. The van der Waals surface area contributed by atoms with Crippen molar-refractivity contribution in [3.63, 3.8) is 0 Å². The first-order valence-corrected chi connectivity index (χ1v) is 6.99. The average molecular weight is 241 g/mol. The summed E-state index contributed by atoms with van der Waals surface area (Å²) in [6, 6.07) is 7.38. The van der Waals surface area contributed by atoms with Crippen molar-refractivity contribution in [2.24, 2.45) is 0 Å². The lowest BCUT2D eigenvalue weighted by atomic mass is 10.0. The van der Waals surface area contributed by atoms with E-state index < -0.39 is 10.0 Å². The second-order valence-electron chi connectivity index (χ2n) is 3.75. The number of fused-ring (bicyclic) bond motifs is 1. The Morgan fingerprint density at radius 3 is 2.94 bits per heavy atom. The maximum absolute atomic E-state index is 11.5. The summed E-state index contributed by atoms with van der Waals surface area (Å²) < 4.78 is 31.2. The van der Waals surface area contributed by atoms with E-state index in [1.165, 1.54) is 0 Å². The molecule has 0 saturated carbocycles. The molecular formula is C11H15NO3S. The van der Waals surface area contributed by atoms with E-state index in [1.54, 1.807) is 6.92 Å². The Morgan fingerprint density at radius 1 is 1.44 bits per heavy atom. The molecule has 0 fully saturated rings. The Bertz CT molecular complexity index is 470. The molecule has 2 rings (SSSR count). The van der Waals surface area contributed by atoms with Gasteiger partial charge in [0.2, 0.25) is 10.0 Å². The van der Waals surface area contributed by atoms with E-state index in [1.807, 2.05) is 24.3 Å². The quantitative estimate of drug-likeness (QED) is 0.871. The molecule has 0 bridgehead atoms. The normalized spacial score (nSPS) is 19.9. The Morgan fingerprint density at radius 2 is 2.19 bits per heavy atom. The second kappa shape index (κ2) is 4.43. The van der Waals surface area contributed by atoms with Crippen molar-refractivity contribution >= 4 is 10.0 Å². The van der Waals surface area contributed by atoms with E-state index in [9.17, 15) is 8.42 Å². The number of hydrogen-bond donors (Lipinski definition) is 1. The van der Waals surface area contributed by atoms with Crippen molar-refractivity contribution < 1.29 is 13.2 Å². The lowest BCUT2D eigenvalue weighted by Crippen LogP contribution is -2.33. The molecule has 1 unspecified atom stereocenters. The largest absolute Gasteiger partial charge is 0.493 e. The third-order valence-corrected chi connectivity index (χ3v) is 4.06. The fourth-order valence-corrected chi connectivity index (χ4v) is 2.61. The molecule has 5 heteroatoms. The van der Waals surface area contributed by atoms with Gasteiger partial charge in [0.15, 0.2) is 0 Å². The van der Waals surface area contributed by atoms with Gasteiger partial charge in [0, 0.05) is 12.0 Å². The molecule has 1 aliphatic heterocycles. The molecule has 0 spiro atoms. The van der Waals surface area contributed by atoms with Gasteiger partial charge in [-0.1, -0.05) is 18.2 Å². The third kappa shape index (κ3) is 2.36. The van der Waals surface area contributed by atoms with Crippen LogP contribution in [0.25, 0.3) is 0 Å². The van der Waals surface area contributed by atoms with Crippen molar-refractivity contribution in [2.75, 3.05) is 12.4 Å². The molecule has 1 atom stereocenters. The van der Waals surface area contributed by atoms with Gasteiger partial charge in [0.05, 0.1) is 18.4 Å². The topological polar surface area (TPSA) is 55.4 Å². The highest BCUT2D eigenvalue weighted by atomic mass is 32.2. The fourth-order valence-electron chi connectivity index (χ4n) is 1.76. The monoisotopic (exact) mass is 241 g/mol. The summed E-state index contributed by atoms with van der Waals surface area (Å²) in [4.78, 5) is 0. The Labute approximate surface area is 95.7 Å².